The monoisotopic (exact) mass is 367 g/mol. The van der Waals surface area contributed by atoms with Gasteiger partial charge in [0.1, 0.15) is 6.10 Å². The molecule has 1 aliphatic heterocycles. The Labute approximate surface area is 147 Å². The van der Waals surface area contributed by atoms with Crippen LogP contribution in [0.1, 0.15) is 22.8 Å². The summed E-state index contributed by atoms with van der Waals surface area (Å²) >= 11 is 0. The highest BCUT2D eigenvalue weighted by Gasteiger charge is 2.35. The van der Waals surface area contributed by atoms with E-state index < -0.39 is 17.8 Å². The molecule has 1 amide bonds. The van der Waals surface area contributed by atoms with Crippen LogP contribution < -0.4 is 9.47 Å². The maximum absolute atomic E-state index is 12.7. The molecule has 0 unspecified atom stereocenters. The number of rotatable bonds is 5. The molecule has 26 heavy (non-hydrogen) atoms. The third-order valence-electron chi connectivity index (χ3n) is 3.76. The molecular formula is C17H16F3N3O3. The largest absolute Gasteiger partial charge is 0.478 e. The molecule has 3 heterocycles. The van der Waals surface area contributed by atoms with Crippen LogP contribution in [-0.4, -0.2) is 46.6 Å². The number of halogens is 3. The third-order valence-corrected chi connectivity index (χ3v) is 3.76. The Balaban J connectivity index is 1.55. The molecule has 0 aliphatic carbocycles. The van der Waals surface area contributed by atoms with Crippen LogP contribution in [0.15, 0.2) is 36.7 Å². The molecule has 0 aromatic carbocycles. The van der Waals surface area contributed by atoms with Gasteiger partial charge < -0.3 is 14.4 Å². The van der Waals surface area contributed by atoms with E-state index >= 15 is 0 Å². The fourth-order valence-corrected chi connectivity index (χ4v) is 2.42. The van der Waals surface area contributed by atoms with E-state index in [1.165, 1.54) is 11.1 Å². The van der Waals surface area contributed by atoms with Crippen LogP contribution in [0.25, 0.3) is 0 Å². The first kappa shape index (κ1) is 18.0. The molecule has 0 saturated carbocycles. The van der Waals surface area contributed by atoms with Crippen LogP contribution in [0.2, 0.25) is 0 Å². The highest BCUT2D eigenvalue weighted by atomic mass is 19.4. The second-order valence-electron chi connectivity index (χ2n) is 5.65. The zero-order valence-corrected chi connectivity index (χ0v) is 13.9. The van der Waals surface area contributed by atoms with Gasteiger partial charge in [-0.05, 0) is 19.1 Å². The van der Waals surface area contributed by atoms with Crippen molar-refractivity contribution in [1.29, 1.82) is 0 Å². The molecule has 138 valence electrons. The Morgan fingerprint density at radius 3 is 2.62 bits per heavy atom. The standard InChI is InChI=1S/C17H16F3N3O3/c1-2-25-14-4-3-11(8-22-14)16(24)23-9-13(10-23)26-15-7-12(5-6-21-15)17(18,19)20/h3-8,13H,2,9-10H2,1H3. The molecule has 2 aromatic heterocycles. The van der Waals surface area contributed by atoms with Crippen LogP contribution in [0.4, 0.5) is 13.2 Å². The number of nitrogens with zero attached hydrogens (tertiary/aromatic N) is 3. The Bertz CT molecular complexity index is 775. The second-order valence-corrected chi connectivity index (χ2v) is 5.65. The zero-order chi connectivity index (χ0) is 18.7. The van der Waals surface area contributed by atoms with E-state index in [2.05, 4.69) is 9.97 Å². The molecule has 0 spiro atoms. The number of carbonyl (C=O) groups excluding carboxylic acids is 1. The summed E-state index contributed by atoms with van der Waals surface area (Å²) in [5, 5.41) is 0. The molecular weight excluding hydrogens is 351 g/mol. The van der Waals surface area contributed by atoms with Crippen molar-refractivity contribution < 1.29 is 27.4 Å². The normalized spacial score (nSPS) is 14.7. The fraction of sp³-hybridized carbons (Fsp3) is 0.353. The average Bonchev–Trinajstić information content (AvgIpc) is 2.58. The lowest BCUT2D eigenvalue weighted by molar-refractivity contribution is -0.137. The molecule has 0 radical (unpaired) electrons. The number of carbonyl (C=O) groups is 1. The second kappa shape index (κ2) is 7.19. The van der Waals surface area contributed by atoms with Gasteiger partial charge >= 0.3 is 6.18 Å². The third kappa shape index (κ3) is 4.04. The van der Waals surface area contributed by atoms with Crippen molar-refractivity contribution in [2.45, 2.75) is 19.2 Å². The zero-order valence-electron chi connectivity index (χ0n) is 13.9. The predicted molar refractivity (Wildman–Crippen MR) is 85.0 cm³/mol. The van der Waals surface area contributed by atoms with E-state index in [0.29, 0.717) is 18.1 Å². The fourth-order valence-electron chi connectivity index (χ4n) is 2.42. The van der Waals surface area contributed by atoms with Gasteiger partial charge in [-0.25, -0.2) is 9.97 Å². The summed E-state index contributed by atoms with van der Waals surface area (Å²) in [7, 11) is 0. The molecule has 1 aliphatic rings. The lowest BCUT2D eigenvalue weighted by Gasteiger charge is -2.38. The molecule has 6 nitrogen and oxygen atoms in total. The SMILES string of the molecule is CCOc1ccc(C(=O)N2CC(Oc3cc(C(F)(F)F)ccn3)C2)cn1. The van der Waals surface area contributed by atoms with Gasteiger partial charge in [0, 0.05) is 24.5 Å². The lowest BCUT2D eigenvalue weighted by Crippen LogP contribution is -2.56. The minimum Gasteiger partial charge on any atom is -0.478 e. The molecule has 9 heteroatoms. The summed E-state index contributed by atoms with van der Waals surface area (Å²) in [6.45, 7) is 2.85. The molecule has 3 rings (SSSR count). The van der Waals surface area contributed by atoms with Gasteiger partial charge in [0.2, 0.25) is 11.8 Å². The van der Waals surface area contributed by atoms with Gasteiger partial charge in [0.25, 0.3) is 5.91 Å². The van der Waals surface area contributed by atoms with Crippen LogP contribution in [0.3, 0.4) is 0 Å². The number of pyridine rings is 2. The summed E-state index contributed by atoms with van der Waals surface area (Å²) in [5.41, 5.74) is -0.417. The van der Waals surface area contributed by atoms with Crippen molar-refractivity contribution in [2.75, 3.05) is 19.7 Å². The van der Waals surface area contributed by atoms with Crippen molar-refractivity contribution in [1.82, 2.24) is 14.9 Å². The summed E-state index contributed by atoms with van der Waals surface area (Å²) in [6.07, 6.45) is -2.38. The van der Waals surface area contributed by atoms with E-state index in [1.54, 1.807) is 12.1 Å². The van der Waals surface area contributed by atoms with Crippen LogP contribution in [0, 0.1) is 0 Å². The first-order valence-corrected chi connectivity index (χ1v) is 7.95. The lowest BCUT2D eigenvalue weighted by atomic mass is 10.1. The molecule has 0 N–H and O–H groups in total. The minimum atomic E-state index is -4.46. The summed E-state index contributed by atoms with van der Waals surface area (Å²) < 4.78 is 48.7. The van der Waals surface area contributed by atoms with Crippen molar-refractivity contribution in [3.05, 3.63) is 47.8 Å². The van der Waals surface area contributed by atoms with Gasteiger partial charge in [0.05, 0.1) is 30.8 Å². The smallest absolute Gasteiger partial charge is 0.416 e. The number of likely N-dealkylation sites (tertiary alicyclic amines) is 1. The molecule has 1 saturated heterocycles. The van der Waals surface area contributed by atoms with E-state index in [0.717, 1.165) is 18.3 Å². The Hall–Kier alpha value is -2.84. The Morgan fingerprint density at radius 2 is 2.00 bits per heavy atom. The van der Waals surface area contributed by atoms with Crippen molar-refractivity contribution in [2.24, 2.45) is 0 Å². The predicted octanol–water partition coefficient (Wildman–Crippen LogP) is 2.80. The average molecular weight is 367 g/mol. The highest BCUT2D eigenvalue weighted by Crippen LogP contribution is 2.31. The summed E-state index contributed by atoms with van der Waals surface area (Å²) in [6, 6.07) is 4.95. The van der Waals surface area contributed by atoms with E-state index in [9.17, 15) is 18.0 Å². The molecule has 1 fully saturated rings. The number of aromatic nitrogens is 2. The number of amides is 1. The van der Waals surface area contributed by atoms with Crippen molar-refractivity contribution >= 4 is 5.91 Å². The molecule has 2 aromatic rings. The molecule has 0 atom stereocenters. The summed E-state index contributed by atoms with van der Waals surface area (Å²) in [4.78, 5) is 21.6. The van der Waals surface area contributed by atoms with Crippen molar-refractivity contribution in [3.8, 4) is 11.8 Å². The van der Waals surface area contributed by atoms with Gasteiger partial charge in [-0.1, -0.05) is 0 Å². The van der Waals surface area contributed by atoms with Gasteiger partial charge in [-0.2, -0.15) is 13.2 Å². The van der Waals surface area contributed by atoms with Gasteiger partial charge in [0.15, 0.2) is 0 Å². The Morgan fingerprint density at radius 1 is 1.23 bits per heavy atom. The molecule has 0 bridgehead atoms. The van der Waals surface area contributed by atoms with E-state index in [-0.39, 0.29) is 24.9 Å². The maximum Gasteiger partial charge on any atom is 0.416 e. The topological polar surface area (TPSA) is 64.5 Å². The number of hydrogen-bond acceptors (Lipinski definition) is 5. The van der Waals surface area contributed by atoms with Gasteiger partial charge in [-0.15, -0.1) is 0 Å². The maximum atomic E-state index is 12.7. The van der Waals surface area contributed by atoms with Crippen LogP contribution in [0.5, 0.6) is 11.8 Å². The number of alkyl halides is 3. The first-order chi connectivity index (χ1) is 12.4. The number of ether oxygens (including phenoxy) is 2. The minimum absolute atomic E-state index is 0.111. The first-order valence-electron chi connectivity index (χ1n) is 7.95. The van der Waals surface area contributed by atoms with E-state index in [4.69, 9.17) is 9.47 Å². The quantitative estimate of drug-likeness (QED) is 0.813. The van der Waals surface area contributed by atoms with Crippen LogP contribution in [-0.2, 0) is 6.18 Å². The summed E-state index contributed by atoms with van der Waals surface area (Å²) in [5.74, 6) is 0.0987. The van der Waals surface area contributed by atoms with Gasteiger partial charge in [-0.3, -0.25) is 4.79 Å². The van der Waals surface area contributed by atoms with Crippen LogP contribution >= 0.6 is 0 Å². The highest BCUT2D eigenvalue weighted by molar-refractivity contribution is 5.94. The van der Waals surface area contributed by atoms with E-state index in [1.807, 2.05) is 6.92 Å². The Kier molecular flexibility index (Phi) is 4.97. The number of hydrogen-bond donors (Lipinski definition) is 0. The van der Waals surface area contributed by atoms with Crippen molar-refractivity contribution in [3.63, 3.8) is 0 Å².